The van der Waals surface area contributed by atoms with E-state index in [2.05, 4.69) is 4.99 Å². The first-order valence-electron chi connectivity index (χ1n) is 5.28. The second-order valence-corrected chi connectivity index (χ2v) is 4.92. The molecule has 0 spiro atoms. The molecule has 0 bridgehead atoms. The topological polar surface area (TPSA) is 41.9 Å². The predicted molar refractivity (Wildman–Crippen MR) is 59.8 cm³/mol. The molecule has 1 heterocycles. The Balaban J connectivity index is 3.14. The second kappa shape index (κ2) is 4.29. The van der Waals surface area contributed by atoms with Gasteiger partial charge in [0, 0.05) is 6.08 Å². The Morgan fingerprint density at radius 3 is 2.28 bits per heavy atom. The third kappa shape index (κ3) is 2.34. The van der Waals surface area contributed by atoms with Gasteiger partial charge in [-0.05, 0) is 27.7 Å². The van der Waals surface area contributed by atoms with Crippen molar-refractivity contribution in [1.29, 1.82) is 0 Å². The van der Waals surface area contributed by atoms with Crippen LogP contribution in [0.25, 0.3) is 0 Å². The highest BCUT2D eigenvalue weighted by Crippen LogP contribution is 2.41. The number of hydrogen-bond donors (Lipinski definition) is 0. The molecule has 0 saturated heterocycles. The smallest absolute Gasteiger partial charge is 0.385 e. The third-order valence-electron chi connectivity index (χ3n) is 3.16. The average molecular weight is 264 g/mol. The van der Waals surface area contributed by atoms with E-state index >= 15 is 0 Å². The molecule has 0 radical (unpaired) electrons. The van der Waals surface area contributed by atoms with E-state index in [0.29, 0.717) is 11.3 Å². The molecule has 1 aliphatic heterocycles. The number of carbonyl (C=O) groups excluding carboxylic acids is 1. The number of carbonyl (C=O) groups is 1. The van der Waals surface area contributed by atoms with Crippen LogP contribution in [0.3, 0.4) is 0 Å². The summed E-state index contributed by atoms with van der Waals surface area (Å²) in [5.74, 6) is -1.10. The lowest BCUT2D eigenvalue weighted by molar-refractivity contribution is -0.146. The van der Waals surface area contributed by atoms with Crippen LogP contribution in [-0.4, -0.2) is 34.4 Å². The van der Waals surface area contributed by atoms with E-state index in [4.69, 9.17) is 4.84 Å². The minimum atomic E-state index is -4.61. The Morgan fingerprint density at radius 1 is 1.28 bits per heavy atom. The molecule has 0 fully saturated rings. The van der Waals surface area contributed by atoms with Crippen LogP contribution < -0.4 is 0 Å². The van der Waals surface area contributed by atoms with Gasteiger partial charge in [0.05, 0.1) is 11.1 Å². The zero-order chi connectivity index (χ0) is 14.2. The van der Waals surface area contributed by atoms with Gasteiger partial charge in [-0.3, -0.25) is 9.79 Å². The SMILES string of the molecule is CC1(C)N=C(C(F)(F)F)N(O/C=C/C=O)C1(C)C. The first-order chi connectivity index (χ1) is 8.04. The first-order valence-corrected chi connectivity index (χ1v) is 5.28. The van der Waals surface area contributed by atoms with Crippen molar-refractivity contribution in [2.45, 2.75) is 44.9 Å². The maximum atomic E-state index is 12.9. The van der Waals surface area contributed by atoms with Gasteiger partial charge < -0.3 is 4.84 Å². The molecule has 7 heteroatoms. The standard InChI is InChI=1S/C11H15F3N2O2/c1-9(2)10(3,4)16(18-7-5-6-17)8(15-9)11(12,13)14/h5-7H,1-4H3/b7-5+. The summed E-state index contributed by atoms with van der Waals surface area (Å²) in [5.41, 5.74) is -1.96. The van der Waals surface area contributed by atoms with Gasteiger partial charge in [-0.15, -0.1) is 0 Å². The van der Waals surface area contributed by atoms with Crippen LogP contribution in [0.4, 0.5) is 13.2 Å². The molecule has 0 unspecified atom stereocenters. The van der Waals surface area contributed by atoms with Crippen molar-refractivity contribution in [3.63, 3.8) is 0 Å². The van der Waals surface area contributed by atoms with E-state index in [-0.39, 0.29) is 0 Å². The molecule has 0 saturated carbocycles. The number of hydrogen-bond acceptors (Lipinski definition) is 4. The molecule has 0 aromatic carbocycles. The zero-order valence-corrected chi connectivity index (χ0v) is 10.6. The van der Waals surface area contributed by atoms with Crippen molar-refractivity contribution < 1.29 is 22.8 Å². The molecule has 102 valence electrons. The van der Waals surface area contributed by atoms with Crippen LogP contribution in [0.5, 0.6) is 0 Å². The monoisotopic (exact) mass is 264 g/mol. The first kappa shape index (κ1) is 14.5. The zero-order valence-electron chi connectivity index (χ0n) is 10.6. The molecular weight excluding hydrogens is 249 g/mol. The lowest BCUT2D eigenvalue weighted by atomic mass is 9.84. The van der Waals surface area contributed by atoms with E-state index in [1.807, 2.05) is 0 Å². The molecule has 1 aliphatic rings. The minimum absolute atomic E-state index is 0.415. The maximum Gasteiger partial charge on any atom is 0.452 e. The van der Waals surface area contributed by atoms with E-state index < -0.39 is 23.1 Å². The number of alkyl halides is 3. The lowest BCUT2D eigenvalue weighted by Gasteiger charge is -2.38. The van der Waals surface area contributed by atoms with Gasteiger partial charge in [0.25, 0.3) is 0 Å². The van der Waals surface area contributed by atoms with E-state index in [0.717, 1.165) is 12.3 Å². The fourth-order valence-corrected chi connectivity index (χ4v) is 1.45. The number of rotatable bonds is 3. The normalized spacial score (nSPS) is 22.2. The third-order valence-corrected chi connectivity index (χ3v) is 3.16. The Bertz CT molecular complexity index is 398. The average Bonchev–Trinajstić information content (AvgIpc) is 2.36. The largest absolute Gasteiger partial charge is 0.452 e. The molecule has 4 nitrogen and oxygen atoms in total. The van der Waals surface area contributed by atoms with Crippen molar-refractivity contribution in [2.75, 3.05) is 0 Å². The molecule has 0 aromatic rings. The fraction of sp³-hybridized carbons (Fsp3) is 0.636. The van der Waals surface area contributed by atoms with E-state index in [1.54, 1.807) is 27.7 Å². The number of hydroxylamine groups is 2. The maximum absolute atomic E-state index is 12.9. The van der Waals surface area contributed by atoms with Crippen LogP contribution in [0.1, 0.15) is 27.7 Å². The van der Waals surface area contributed by atoms with Gasteiger partial charge >= 0.3 is 6.18 Å². The molecule has 18 heavy (non-hydrogen) atoms. The lowest BCUT2D eigenvalue weighted by Crippen LogP contribution is -2.54. The minimum Gasteiger partial charge on any atom is -0.385 e. The Labute approximate surface area is 103 Å². The van der Waals surface area contributed by atoms with Crippen molar-refractivity contribution >= 4 is 12.1 Å². The molecule has 0 aliphatic carbocycles. The highest BCUT2D eigenvalue weighted by Gasteiger charge is 2.58. The van der Waals surface area contributed by atoms with Crippen LogP contribution in [0.2, 0.25) is 0 Å². The van der Waals surface area contributed by atoms with Crippen LogP contribution >= 0.6 is 0 Å². The van der Waals surface area contributed by atoms with Crippen molar-refractivity contribution in [3.05, 3.63) is 12.3 Å². The highest BCUT2D eigenvalue weighted by atomic mass is 19.4. The Morgan fingerprint density at radius 2 is 1.83 bits per heavy atom. The molecule has 0 amide bonds. The summed E-state index contributed by atoms with van der Waals surface area (Å²) in [6.07, 6.45) is -2.33. The van der Waals surface area contributed by atoms with Gasteiger partial charge in [0.15, 0.2) is 0 Å². The highest BCUT2D eigenvalue weighted by molar-refractivity contribution is 5.90. The van der Waals surface area contributed by atoms with Gasteiger partial charge in [0.2, 0.25) is 5.84 Å². The quantitative estimate of drug-likeness (QED) is 0.446. The molecule has 1 rings (SSSR count). The van der Waals surface area contributed by atoms with Crippen molar-refractivity contribution in [1.82, 2.24) is 5.06 Å². The van der Waals surface area contributed by atoms with Gasteiger partial charge in [0.1, 0.15) is 12.5 Å². The molecular formula is C11H15F3N2O2. The molecule has 0 aromatic heterocycles. The summed E-state index contributed by atoms with van der Waals surface area (Å²) in [7, 11) is 0. The van der Waals surface area contributed by atoms with Gasteiger partial charge in [-0.1, -0.05) is 0 Å². The summed E-state index contributed by atoms with van der Waals surface area (Å²) in [5, 5.41) is 0.688. The van der Waals surface area contributed by atoms with Gasteiger partial charge in [-0.2, -0.15) is 18.2 Å². The van der Waals surface area contributed by atoms with Crippen molar-refractivity contribution in [2.24, 2.45) is 4.99 Å². The number of aldehydes is 1. The summed E-state index contributed by atoms with van der Waals surface area (Å²) in [4.78, 5) is 18.7. The molecule has 0 atom stereocenters. The second-order valence-electron chi connectivity index (χ2n) is 4.92. The van der Waals surface area contributed by atoms with Crippen LogP contribution in [-0.2, 0) is 9.63 Å². The fourth-order valence-electron chi connectivity index (χ4n) is 1.45. The van der Waals surface area contributed by atoms with E-state index in [9.17, 15) is 18.0 Å². The summed E-state index contributed by atoms with van der Waals surface area (Å²) in [6, 6.07) is 0. The van der Waals surface area contributed by atoms with Gasteiger partial charge in [-0.25, -0.2) is 0 Å². The summed E-state index contributed by atoms with van der Waals surface area (Å²) in [6.45, 7) is 6.35. The number of amidine groups is 1. The van der Waals surface area contributed by atoms with Crippen LogP contribution in [0, 0.1) is 0 Å². The number of allylic oxidation sites excluding steroid dienone is 1. The predicted octanol–water partition coefficient (Wildman–Crippen LogP) is 2.46. The summed E-state index contributed by atoms with van der Waals surface area (Å²) >= 11 is 0. The molecule has 0 N–H and O–H groups in total. The Kier molecular flexibility index (Phi) is 3.47. The number of nitrogens with zero attached hydrogens (tertiary/aromatic N) is 2. The summed E-state index contributed by atoms with van der Waals surface area (Å²) < 4.78 is 38.6. The van der Waals surface area contributed by atoms with E-state index in [1.165, 1.54) is 0 Å². The number of halogens is 3. The Hall–Kier alpha value is -1.53. The van der Waals surface area contributed by atoms with Crippen molar-refractivity contribution in [3.8, 4) is 0 Å². The number of aliphatic imine (C=N–C) groups is 1. The van der Waals surface area contributed by atoms with Crippen LogP contribution in [0.15, 0.2) is 17.3 Å².